The first-order valence-corrected chi connectivity index (χ1v) is 7.71. The predicted octanol–water partition coefficient (Wildman–Crippen LogP) is 3.21. The van der Waals surface area contributed by atoms with Gasteiger partial charge >= 0.3 is 0 Å². The number of hydrogen-bond donors (Lipinski definition) is 2. The lowest BCUT2D eigenvalue weighted by Gasteiger charge is -2.23. The fourth-order valence-corrected chi connectivity index (χ4v) is 3.15. The Bertz CT molecular complexity index is 433. The number of aryl methyl sites for hydroxylation is 1. The molecule has 2 N–H and O–H groups in total. The van der Waals surface area contributed by atoms with Gasteiger partial charge in [-0.2, -0.15) is 0 Å². The van der Waals surface area contributed by atoms with Crippen LogP contribution in [-0.2, 0) is 0 Å². The van der Waals surface area contributed by atoms with Gasteiger partial charge in [-0.05, 0) is 38.2 Å². The normalized spacial score (nSPS) is 23.8. The lowest BCUT2D eigenvalue weighted by atomic mass is 9.99. The van der Waals surface area contributed by atoms with Crippen molar-refractivity contribution >= 4 is 0 Å². The molecule has 3 heteroatoms. The minimum absolute atomic E-state index is 0.126. The Kier molecular flexibility index (Phi) is 5.44. The summed E-state index contributed by atoms with van der Waals surface area (Å²) in [5.41, 5.74) is 2.48. The summed E-state index contributed by atoms with van der Waals surface area (Å²) in [5.74, 6) is 1.35. The van der Waals surface area contributed by atoms with Crippen molar-refractivity contribution in [2.45, 2.75) is 51.7 Å². The molecule has 0 spiro atoms. The summed E-state index contributed by atoms with van der Waals surface area (Å²) in [6.07, 6.45) is 4.13. The molecule has 0 amide bonds. The molecule has 1 aromatic rings. The van der Waals surface area contributed by atoms with Crippen LogP contribution in [0.5, 0.6) is 5.75 Å². The van der Waals surface area contributed by atoms with Crippen molar-refractivity contribution in [3.63, 3.8) is 0 Å². The highest BCUT2D eigenvalue weighted by molar-refractivity contribution is 5.39. The largest absolute Gasteiger partial charge is 0.496 e. The van der Waals surface area contributed by atoms with Gasteiger partial charge in [-0.3, -0.25) is 0 Å². The lowest BCUT2D eigenvalue weighted by molar-refractivity contribution is 0.129. The van der Waals surface area contributed by atoms with Gasteiger partial charge in [0.15, 0.2) is 0 Å². The molecule has 3 nitrogen and oxygen atoms in total. The molecule has 20 heavy (non-hydrogen) atoms. The first-order valence-electron chi connectivity index (χ1n) is 7.71. The Morgan fingerprint density at radius 1 is 1.40 bits per heavy atom. The van der Waals surface area contributed by atoms with Crippen molar-refractivity contribution in [3.05, 3.63) is 29.3 Å². The van der Waals surface area contributed by atoms with E-state index in [0.29, 0.717) is 5.92 Å². The van der Waals surface area contributed by atoms with E-state index in [4.69, 9.17) is 4.74 Å². The van der Waals surface area contributed by atoms with Crippen LogP contribution in [0.3, 0.4) is 0 Å². The third-order valence-electron chi connectivity index (χ3n) is 4.41. The van der Waals surface area contributed by atoms with Gasteiger partial charge in [0.2, 0.25) is 0 Å². The number of rotatable bonds is 6. The van der Waals surface area contributed by atoms with Crippen molar-refractivity contribution in [3.8, 4) is 5.75 Å². The van der Waals surface area contributed by atoms with Gasteiger partial charge in [0.05, 0.1) is 13.2 Å². The Balaban J connectivity index is 2.05. The Hall–Kier alpha value is -1.06. The molecular weight excluding hydrogens is 250 g/mol. The average Bonchev–Trinajstić information content (AvgIpc) is 2.85. The van der Waals surface area contributed by atoms with Crippen molar-refractivity contribution in [1.82, 2.24) is 5.32 Å². The zero-order valence-electron chi connectivity index (χ0n) is 12.9. The van der Waals surface area contributed by atoms with E-state index in [-0.39, 0.29) is 12.1 Å². The molecule has 0 aromatic heterocycles. The van der Waals surface area contributed by atoms with E-state index in [2.05, 4.69) is 31.3 Å². The summed E-state index contributed by atoms with van der Waals surface area (Å²) in [5, 5.41) is 13.5. The standard InChI is InChI=1S/C17H27NO2/c1-4-15(18-11-13-6-5-7-16(13)19)14-10-12(2)8-9-17(14)20-3/h8-10,13,15-16,18-19H,4-7,11H2,1-3H3. The van der Waals surface area contributed by atoms with Crippen LogP contribution in [-0.4, -0.2) is 24.9 Å². The molecule has 0 heterocycles. The van der Waals surface area contributed by atoms with Gasteiger partial charge in [0.1, 0.15) is 5.75 Å². The molecule has 1 aliphatic carbocycles. The van der Waals surface area contributed by atoms with Crippen LogP contribution < -0.4 is 10.1 Å². The summed E-state index contributed by atoms with van der Waals surface area (Å²) in [7, 11) is 1.72. The van der Waals surface area contributed by atoms with E-state index in [1.54, 1.807) is 7.11 Å². The maximum absolute atomic E-state index is 9.93. The first kappa shape index (κ1) is 15.3. The monoisotopic (exact) mass is 277 g/mol. The first-order chi connectivity index (χ1) is 9.65. The van der Waals surface area contributed by atoms with Crippen LogP contribution in [0.2, 0.25) is 0 Å². The molecule has 0 aliphatic heterocycles. The van der Waals surface area contributed by atoms with Crippen molar-refractivity contribution in [2.75, 3.05) is 13.7 Å². The Morgan fingerprint density at radius 2 is 2.20 bits per heavy atom. The topological polar surface area (TPSA) is 41.5 Å². The van der Waals surface area contributed by atoms with Crippen molar-refractivity contribution < 1.29 is 9.84 Å². The van der Waals surface area contributed by atoms with Crippen LogP contribution in [0, 0.1) is 12.8 Å². The second-order valence-corrected chi connectivity index (χ2v) is 5.87. The highest BCUT2D eigenvalue weighted by Gasteiger charge is 2.26. The number of aliphatic hydroxyl groups excluding tert-OH is 1. The molecule has 3 atom stereocenters. The molecule has 1 aromatic carbocycles. The van der Waals surface area contributed by atoms with Gasteiger partial charge in [-0.1, -0.05) is 31.0 Å². The Labute approximate surface area is 122 Å². The maximum atomic E-state index is 9.93. The van der Waals surface area contributed by atoms with Crippen LogP contribution in [0.15, 0.2) is 18.2 Å². The van der Waals surface area contributed by atoms with Crippen LogP contribution in [0.25, 0.3) is 0 Å². The van der Waals surface area contributed by atoms with E-state index in [0.717, 1.165) is 38.0 Å². The van der Waals surface area contributed by atoms with E-state index in [9.17, 15) is 5.11 Å². The average molecular weight is 277 g/mol. The fourth-order valence-electron chi connectivity index (χ4n) is 3.15. The number of hydrogen-bond acceptors (Lipinski definition) is 3. The molecule has 112 valence electrons. The number of nitrogens with one attached hydrogen (secondary N) is 1. The molecule has 1 saturated carbocycles. The molecule has 0 bridgehead atoms. The van der Waals surface area contributed by atoms with E-state index in [1.165, 1.54) is 11.1 Å². The van der Waals surface area contributed by atoms with Crippen LogP contribution in [0.4, 0.5) is 0 Å². The highest BCUT2D eigenvalue weighted by atomic mass is 16.5. The van der Waals surface area contributed by atoms with E-state index < -0.39 is 0 Å². The zero-order valence-corrected chi connectivity index (χ0v) is 12.9. The van der Waals surface area contributed by atoms with Crippen LogP contribution >= 0.6 is 0 Å². The number of aliphatic hydroxyl groups is 1. The highest BCUT2D eigenvalue weighted by Crippen LogP contribution is 2.30. The zero-order chi connectivity index (χ0) is 14.5. The van der Waals surface area contributed by atoms with Gasteiger partial charge in [0, 0.05) is 18.2 Å². The third-order valence-corrected chi connectivity index (χ3v) is 4.41. The third kappa shape index (κ3) is 3.53. The Morgan fingerprint density at radius 3 is 2.80 bits per heavy atom. The number of methoxy groups -OCH3 is 1. The summed E-state index contributed by atoms with van der Waals surface area (Å²) in [6, 6.07) is 6.61. The number of benzene rings is 1. The second kappa shape index (κ2) is 7.09. The van der Waals surface area contributed by atoms with Gasteiger partial charge in [-0.25, -0.2) is 0 Å². The van der Waals surface area contributed by atoms with Gasteiger partial charge in [-0.15, -0.1) is 0 Å². The van der Waals surface area contributed by atoms with Crippen LogP contribution in [0.1, 0.15) is 49.8 Å². The van der Waals surface area contributed by atoms with E-state index >= 15 is 0 Å². The fraction of sp³-hybridized carbons (Fsp3) is 0.647. The summed E-state index contributed by atoms with van der Waals surface area (Å²) < 4.78 is 5.49. The maximum Gasteiger partial charge on any atom is 0.123 e. The molecule has 0 saturated heterocycles. The van der Waals surface area contributed by atoms with E-state index in [1.807, 2.05) is 6.07 Å². The molecular formula is C17H27NO2. The van der Waals surface area contributed by atoms with Crippen molar-refractivity contribution in [2.24, 2.45) is 5.92 Å². The molecule has 1 fully saturated rings. The smallest absolute Gasteiger partial charge is 0.123 e. The quantitative estimate of drug-likeness (QED) is 0.839. The molecule has 3 unspecified atom stereocenters. The summed E-state index contributed by atoms with van der Waals surface area (Å²) in [4.78, 5) is 0. The van der Waals surface area contributed by atoms with Gasteiger partial charge < -0.3 is 15.2 Å². The lowest BCUT2D eigenvalue weighted by Crippen LogP contribution is -2.31. The molecule has 0 radical (unpaired) electrons. The predicted molar refractivity (Wildman–Crippen MR) is 82.1 cm³/mol. The minimum atomic E-state index is -0.126. The molecule has 1 aliphatic rings. The summed E-state index contributed by atoms with van der Waals surface area (Å²) in [6.45, 7) is 5.18. The SMILES string of the molecule is CCC(NCC1CCCC1O)c1cc(C)ccc1OC. The molecule has 2 rings (SSSR count). The van der Waals surface area contributed by atoms with Crippen molar-refractivity contribution in [1.29, 1.82) is 0 Å². The second-order valence-electron chi connectivity index (χ2n) is 5.87. The number of ether oxygens (including phenoxy) is 1. The minimum Gasteiger partial charge on any atom is -0.496 e. The summed E-state index contributed by atoms with van der Waals surface area (Å²) >= 11 is 0. The van der Waals surface area contributed by atoms with Gasteiger partial charge in [0.25, 0.3) is 0 Å².